The van der Waals surface area contributed by atoms with Gasteiger partial charge in [-0.1, -0.05) is 46.8 Å². The first-order chi connectivity index (χ1) is 5.66. The molecule has 0 amide bonds. The lowest BCUT2D eigenvalue weighted by atomic mass is 10.0. The molecule has 0 N–H and O–H groups in total. The molecule has 1 fully saturated rings. The summed E-state index contributed by atoms with van der Waals surface area (Å²) < 4.78 is 0.264. The topological polar surface area (TPSA) is 17.1 Å². The van der Waals surface area contributed by atoms with Gasteiger partial charge in [0, 0.05) is 10.5 Å². The van der Waals surface area contributed by atoms with Crippen LogP contribution >= 0.6 is 23.5 Å². The molecule has 0 spiro atoms. The van der Waals surface area contributed by atoms with Crippen LogP contribution in [0.5, 0.6) is 0 Å². The van der Waals surface area contributed by atoms with Gasteiger partial charge in [0.25, 0.3) is 0 Å². The van der Waals surface area contributed by atoms with Gasteiger partial charge in [0.15, 0.2) is 0 Å². The van der Waals surface area contributed by atoms with Crippen LogP contribution < -0.4 is 0 Å². The van der Waals surface area contributed by atoms with Crippen molar-refractivity contribution in [3.63, 3.8) is 0 Å². The highest BCUT2D eigenvalue weighted by atomic mass is 32.2. The third kappa shape index (κ3) is 1.36. The Kier molecular flexibility index (Phi) is 2.09. The van der Waals surface area contributed by atoms with Gasteiger partial charge < -0.3 is 0 Å². The molecule has 0 aromatic heterocycles. The van der Waals surface area contributed by atoms with E-state index in [4.69, 9.17) is 0 Å². The number of hydrogen-bond donors (Lipinski definition) is 0. The minimum atomic E-state index is 0.264. The molecule has 1 saturated heterocycles. The van der Waals surface area contributed by atoms with E-state index in [-0.39, 0.29) is 4.45 Å². The van der Waals surface area contributed by atoms with E-state index >= 15 is 0 Å². The van der Waals surface area contributed by atoms with Crippen molar-refractivity contribution in [2.75, 3.05) is 0 Å². The predicted molar refractivity (Wildman–Crippen MR) is 55.7 cm³/mol. The van der Waals surface area contributed by atoms with Crippen LogP contribution in [0.3, 0.4) is 0 Å². The molecule has 1 heterocycles. The minimum Gasteiger partial charge on any atom is -0.274 e. The molecule has 12 heavy (non-hydrogen) atoms. The third-order valence-electron chi connectivity index (χ3n) is 2.24. The van der Waals surface area contributed by atoms with E-state index in [9.17, 15) is 4.79 Å². The first kappa shape index (κ1) is 8.45. The normalized spacial score (nSPS) is 34.3. The number of hydrogen-bond acceptors (Lipinski definition) is 3. The SMILES string of the molecule is CC1=CC2SC(=O)SC2C=C1C. The van der Waals surface area contributed by atoms with Crippen LogP contribution in [-0.4, -0.2) is 14.9 Å². The summed E-state index contributed by atoms with van der Waals surface area (Å²) in [7, 11) is 0. The summed E-state index contributed by atoms with van der Waals surface area (Å²) in [6.45, 7) is 4.21. The molecule has 64 valence electrons. The van der Waals surface area contributed by atoms with Gasteiger partial charge in [0.1, 0.15) is 0 Å². The maximum atomic E-state index is 11.1. The number of thioether (sulfide) groups is 2. The van der Waals surface area contributed by atoms with Crippen LogP contribution in [0.4, 0.5) is 4.79 Å². The zero-order valence-electron chi connectivity index (χ0n) is 7.03. The molecule has 0 bridgehead atoms. The lowest BCUT2D eigenvalue weighted by Crippen LogP contribution is -2.14. The number of fused-ring (bicyclic) bond motifs is 1. The van der Waals surface area contributed by atoms with Crippen LogP contribution in [0.15, 0.2) is 23.3 Å². The number of carbonyl (C=O) groups is 1. The Labute approximate surface area is 80.7 Å². The van der Waals surface area contributed by atoms with E-state index in [2.05, 4.69) is 26.0 Å². The average Bonchev–Trinajstić information content (AvgIpc) is 2.30. The number of rotatable bonds is 0. The molecule has 2 unspecified atom stereocenters. The molecule has 0 radical (unpaired) electrons. The van der Waals surface area contributed by atoms with E-state index in [0.717, 1.165) is 0 Å². The first-order valence-electron chi connectivity index (χ1n) is 3.91. The predicted octanol–water partition coefficient (Wildman–Crippen LogP) is 3.23. The fourth-order valence-electron chi connectivity index (χ4n) is 1.40. The van der Waals surface area contributed by atoms with Crippen LogP contribution in [0.25, 0.3) is 0 Å². The largest absolute Gasteiger partial charge is 0.274 e. The highest BCUT2D eigenvalue weighted by Crippen LogP contribution is 2.44. The van der Waals surface area contributed by atoms with Crippen molar-refractivity contribution in [2.45, 2.75) is 24.3 Å². The van der Waals surface area contributed by atoms with Gasteiger partial charge in [-0.2, -0.15) is 0 Å². The Balaban J connectivity index is 2.28. The van der Waals surface area contributed by atoms with Gasteiger partial charge in [0.05, 0.1) is 0 Å². The van der Waals surface area contributed by atoms with E-state index in [1.54, 1.807) is 0 Å². The Morgan fingerprint density at radius 2 is 1.50 bits per heavy atom. The van der Waals surface area contributed by atoms with Crippen LogP contribution in [0.1, 0.15) is 13.8 Å². The molecule has 0 aromatic carbocycles. The van der Waals surface area contributed by atoms with Crippen molar-refractivity contribution in [2.24, 2.45) is 0 Å². The van der Waals surface area contributed by atoms with Gasteiger partial charge in [-0.25, -0.2) is 0 Å². The van der Waals surface area contributed by atoms with Crippen molar-refractivity contribution < 1.29 is 4.79 Å². The van der Waals surface area contributed by atoms with E-state index < -0.39 is 0 Å². The molecule has 1 aliphatic heterocycles. The second kappa shape index (κ2) is 2.96. The van der Waals surface area contributed by atoms with Gasteiger partial charge in [-0.15, -0.1) is 0 Å². The Morgan fingerprint density at radius 3 is 1.92 bits per heavy atom. The molecule has 0 saturated carbocycles. The number of allylic oxidation sites excluding steroid dienone is 2. The van der Waals surface area contributed by atoms with Gasteiger partial charge in [-0.3, -0.25) is 4.79 Å². The molecule has 0 aromatic rings. The van der Waals surface area contributed by atoms with Crippen molar-refractivity contribution in [3.8, 4) is 0 Å². The quantitative estimate of drug-likeness (QED) is 0.595. The molecular weight excluding hydrogens is 188 g/mol. The average molecular weight is 198 g/mol. The monoisotopic (exact) mass is 198 g/mol. The molecule has 2 aliphatic rings. The fourth-order valence-corrected chi connectivity index (χ4v) is 4.03. The third-order valence-corrected chi connectivity index (χ3v) is 4.78. The lowest BCUT2D eigenvalue weighted by Gasteiger charge is -2.17. The van der Waals surface area contributed by atoms with Crippen molar-refractivity contribution in [1.82, 2.24) is 0 Å². The fraction of sp³-hybridized carbons (Fsp3) is 0.444. The summed E-state index contributed by atoms with van der Waals surface area (Å²) in [6, 6.07) is 0. The number of carbonyl (C=O) groups excluding carboxylic acids is 1. The van der Waals surface area contributed by atoms with Crippen molar-refractivity contribution in [3.05, 3.63) is 23.3 Å². The van der Waals surface area contributed by atoms with Crippen LogP contribution in [-0.2, 0) is 0 Å². The van der Waals surface area contributed by atoms with Crippen LogP contribution in [0, 0.1) is 0 Å². The standard InChI is InChI=1S/C9H10OS2/c1-5-3-7-8(4-6(5)2)12-9(10)11-7/h3-4,7-8H,1-2H3. The maximum absolute atomic E-state index is 11.1. The Morgan fingerprint density at radius 1 is 1.08 bits per heavy atom. The summed E-state index contributed by atoms with van der Waals surface area (Å²) >= 11 is 2.92. The molecule has 2 atom stereocenters. The molecule has 1 nitrogen and oxygen atoms in total. The maximum Gasteiger partial charge on any atom is 0.247 e. The smallest absolute Gasteiger partial charge is 0.247 e. The summed E-state index contributed by atoms with van der Waals surface area (Å²) in [5.74, 6) is 0. The second-order valence-corrected chi connectivity index (χ2v) is 5.67. The summed E-state index contributed by atoms with van der Waals surface area (Å²) in [4.78, 5) is 11.1. The highest BCUT2D eigenvalue weighted by molar-refractivity contribution is 8.41. The summed E-state index contributed by atoms with van der Waals surface area (Å²) in [5.41, 5.74) is 2.64. The molecular formula is C9H10OS2. The first-order valence-corrected chi connectivity index (χ1v) is 5.67. The lowest BCUT2D eigenvalue weighted by molar-refractivity contribution is 0.277. The van der Waals surface area contributed by atoms with Gasteiger partial charge >= 0.3 is 0 Å². The van der Waals surface area contributed by atoms with Gasteiger partial charge in [-0.05, 0) is 13.8 Å². The van der Waals surface area contributed by atoms with E-state index in [0.29, 0.717) is 10.5 Å². The zero-order valence-corrected chi connectivity index (χ0v) is 8.67. The van der Waals surface area contributed by atoms with Crippen molar-refractivity contribution >= 4 is 28.0 Å². The van der Waals surface area contributed by atoms with Crippen molar-refractivity contribution in [1.29, 1.82) is 0 Å². The Hall–Kier alpha value is -0.150. The van der Waals surface area contributed by atoms with Gasteiger partial charge in [0.2, 0.25) is 4.45 Å². The molecule has 3 heteroatoms. The summed E-state index contributed by atoms with van der Waals surface area (Å²) in [6.07, 6.45) is 4.42. The minimum absolute atomic E-state index is 0.264. The highest BCUT2D eigenvalue weighted by Gasteiger charge is 2.33. The summed E-state index contributed by atoms with van der Waals surface area (Å²) in [5, 5.41) is 0.789. The second-order valence-electron chi connectivity index (χ2n) is 3.11. The van der Waals surface area contributed by atoms with E-state index in [1.165, 1.54) is 34.7 Å². The molecule has 2 rings (SSSR count). The van der Waals surface area contributed by atoms with Crippen LogP contribution in [0.2, 0.25) is 0 Å². The Bertz CT molecular complexity index is 263. The zero-order chi connectivity index (χ0) is 8.72. The van der Waals surface area contributed by atoms with E-state index in [1.807, 2.05) is 0 Å². The molecule has 1 aliphatic carbocycles.